The Morgan fingerprint density at radius 2 is 2.09 bits per heavy atom. The highest BCUT2D eigenvalue weighted by molar-refractivity contribution is 6.35. The van der Waals surface area contributed by atoms with Gasteiger partial charge in [0.2, 0.25) is 11.8 Å². The maximum Gasteiger partial charge on any atom is 0.317 e. The number of carbonyl (C=O) groups is 4. The van der Waals surface area contributed by atoms with E-state index in [1.165, 1.54) is 23.1 Å². The van der Waals surface area contributed by atoms with E-state index in [-0.39, 0.29) is 47.4 Å². The molecule has 3 amide bonds. The van der Waals surface area contributed by atoms with Crippen LogP contribution in [0.25, 0.3) is 0 Å². The molecule has 0 aromatic heterocycles. The predicted octanol–water partition coefficient (Wildman–Crippen LogP) is 2.50. The van der Waals surface area contributed by atoms with Gasteiger partial charge < -0.3 is 25.1 Å². The van der Waals surface area contributed by atoms with Crippen molar-refractivity contribution in [2.45, 2.75) is 50.5 Å². The Hall–Kier alpha value is -2.39. The van der Waals surface area contributed by atoms with Crippen molar-refractivity contribution in [2.75, 3.05) is 13.1 Å². The van der Waals surface area contributed by atoms with Crippen LogP contribution in [-0.2, 0) is 19.2 Å². The lowest BCUT2D eigenvalue weighted by molar-refractivity contribution is -0.151. The third-order valence-electron chi connectivity index (χ3n) is 6.95. The van der Waals surface area contributed by atoms with Gasteiger partial charge in [-0.25, -0.2) is 0 Å². The molecular formula is C23H26Cl2FN3O5. The molecule has 6 atom stereocenters. The van der Waals surface area contributed by atoms with Gasteiger partial charge in [-0.2, -0.15) is 4.39 Å². The molecule has 2 heterocycles. The molecule has 2 aliphatic heterocycles. The van der Waals surface area contributed by atoms with E-state index in [0.717, 1.165) is 19.3 Å². The van der Waals surface area contributed by atoms with E-state index in [1.807, 2.05) is 0 Å². The maximum absolute atomic E-state index is 14.9. The molecule has 11 heteroatoms. The van der Waals surface area contributed by atoms with Crippen molar-refractivity contribution in [3.63, 3.8) is 0 Å². The second-order valence-corrected chi connectivity index (χ2v) is 9.91. The van der Waals surface area contributed by atoms with E-state index in [1.54, 1.807) is 0 Å². The topological polar surface area (TPSA) is 105 Å². The monoisotopic (exact) mass is 513 g/mol. The number of ether oxygens (including phenoxy) is 1. The Morgan fingerprint density at radius 1 is 1.29 bits per heavy atom. The summed E-state index contributed by atoms with van der Waals surface area (Å²) in [6, 6.07) is 2.41. The fourth-order valence-corrected chi connectivity index (χ4v) is 5.78. The van der Waals surface area contributed by atoms with Crippen LogP contribution in [0.15, 0.2) is 18.2 Å². The number of rotatable bonds is 8. The number of benzene rings is 1. The van der Waals surface area contributed by atoms with Gasteiger partial charge in [0.1, 0.15) is 18.1 Å². The molecule has 0 radical (unpaired) electrons. The Bertz CT molecular complexity index is 980. The smallest absolute Gasteiger partial charge is 0.317 e. The van der Waals surface area contributed by atoms with Gasteiger partial charge in [0, 0.05) is 24.0 Å². The number of nitrogens with zero attached hydrogens (tertiary/aromatic N) is 1. The summed E-state index contributed by atoms with van der Waals surface area (Å²) in [5.41, 5.74) is 0. The molecule has 4 rings (SSSR count). The van der Waals surface area contributed by atoms with Crippen LogP contribution in [0.5, 0.6) is 5.75 Å². The zero-order valence-electron chi connectivity index (χ0n) is 18.3. The summed E-state index contributed by atoms with van der Waals surface area (Å²) in [5, 5.41) is 5.78. The molecule has 0 spiro atoms. The lowest BCUT2D eigenvalue weighted by Gasteiger charge is -2.29. The van der Waals surface area contributed by atoms with Gasteiger partial charge in [-0.15, -0.1) is 0 Å². The standard InChI is InChI=1S/C23H26Cl2FN3O5/c24-14-4-5-18(17(25)9-14)34-20(26)23(33)29-10-13-2-1-3-16(13)19(29)22(32)28-15(11-30)8-12-6-7-27-21(12)31/h4-5,9,11-13,15-16,19-20H,1-3,6-8,10H2,(H,27,31)(H,28,32)/t12-,13-,15-,16-,19?,20?/m0/s1. The average Bonchev–Trinajstić information content (AvgIpc) is 3.50. The van der Waals surface area contributed by atoms with Crippen LogP contribution >= 0.6 is 23.2 Å². The number of fused-ring (bicyclic) bond motifs is 1. The van der Waals surface area contributed by atoms with E-state index in [4.69, 9.17) is 27.9 Å². The van der Waals surface area contributed by atoms with Crippen LogP contribution in [0.2, 0.25) is 10.0 Å². The average molecular weight is 514 g/mol. The first-order chi connectivity index (χ1) is 16.3. The van der Waals surface area contributed by atoms with Crippen molar-refractivity contribution >= 4 is 47.2 Å². The molecule has 1 aromatic rings. The van der Waals surface area contributed by atoms with Crippen molar-refractivity contribution in [1.82, 2.24) is 15.5 Å². The molecule has 3 fully saturated rings. The fraction of sp³-hybridized carbons (Fsp3) is 0.565. The highest BCUT2D eigenvalue weighted by Crippen LogP contribution is 2.43. The Balaban J connectivity index is 1.46. The fourth-order valence-electron chi connectivity index (χ4n) is 5.32. The summed E-state index contributed by atoms with van der Waals surface area (Å²) in [6.45, 7) is 0.768. The summed E-state index contributed by atoms with van der Waals surface area (Å²) < 4.78 is 20.1. The molecule has 1 aromatic carbocycles. The molecular weight excluding hydrogens is 488 g/mol. The SMILES string of the molecule is O=C[C@H](C[C@@H]1CCNC1=O)NC(=O)C1[C@H]2CCC[C@H]2CN1C(=O)C(F)Oc1ccc(Cl)cc1Cl. The summed E-state index contributed by atoms with van der Waals surface area (Å²) in [7, 11) is 0. The zero-order chi connectivity index (χ0) is 24.4. The second-order valence-electron chi connectivity index (χ2n) is 9.06. The molecule has 2 saturated heterocycles. The van der Waals surface area contributed by atoms with Crippen LogP contribution in [-0.4, -0.2) is 60.4 Å². The minimum Gasteiger partial charge on any atom is -0.450 e. The Kier molecular flexibility index (Phi) is 7.62. The number of aldehydes is 1. The molecule has 184 valence electrons. The van der Waals surface area contributed by atoms with Crippen molar-refractivity contribution in [1.29, 1.82) is 0 Å². The molecule has 1 saturated carbocycles. The Morgan fingerprint density at radius 3 is 2.76 bits per heavy atom. The number of halogens is 3. The first-order valence-corrected chi connectivity index (χ1v) is 12.1. The minimum absolute atomic E-state index is 0.0387. The maximum atomic E-state index is 14.9. The quantitative estimate of drug-likeness (QED) is 0.519. The molecule has 34 heavy (non-hydrogen) atoms. The van der Waals surface area contributed by atoms with Gasteiger partial charge in [0.05, 0.1) is 11.1 Å². The van der Waals surface area contributed by atoms with E-state index >= 15 is 0 Å². The lowest BCUT2D eigenvalue weighted by Crippen LogP contribution is -2.53. The second kappa shape index (κ2) is 10.5. The normalized spacial score (nSPS) is 27.6. The van der Waals surface area contributed by atoms with Crippen LogP contribution in [0.1, 0.15) is 32.1 Å². The third-order valence-corrected chi connectivity index (χ3v) is 7.48. The molecule has 2 N–H and O–H groups in total. The highest BCUT2D eigenvalue weighted by atomic mass is 35.5. The van der Waals surface area contributed by atoms with Gasteiger partial charge >= 0.3 is 6.36 Å². The van der Waals surface area contributed by atoms with E-state index in [0.29, 0.717) is 24.3 Å². The summed E-state index contributed by atoms with van der Waals surface area (Å²) in [5.74, 6) is -2.09. The summed E-state index contributed by atoms with van der Waals surface area (Å²) in [4.78, 5) is 50.9. The van der Waals surface area contributed by atoms with Gasteiger partial charge in [-0.3, -0.25) is 14.4 Å². The zero-order valence-corrected chi connectivity index (χ0v) is 19.9. The molecule has 0 bridgehead atoms. The van der Waals surface area contributed by atoms with Gasteiger partial charge in [-0.1, -0.05) is 29.6 Å². The number of nitrogens with one attached hydrogen (secondary N) is 2. The van der Waals surface area contributed by atoms with Crippen LogP contribution in [0.3, 0.4) is 0 Å². The first-order valence-electron chi connectivity index (χ1n) is 11.4. The molecule has 1 aliphatic carbocycles. The minimum atomic E-state index is -2.36. The van der Waals surface area contributed by atoms with Gasteiger partial charge in [-0.05, 0) is 55.7 Å². The van der Waals surface area contributed by atoms with Crippen molar-refractivity contribution in [3.8, 4) is 5.75 Å². The first kappa shape index (κ1) is 24.7. The third kappa shape index (κ3) is 5.15. The van der Waals surface area contributed by atoms with Crippen molar-refractivity contribution in [2.24, 2.45) is 17.8 Å². The molecule has 2 unspecified atom stereocenters. The van der Waals surface area contributed by atoms with Crippen LogP contribution < -0.4 is 15.4 Å². The summed E-state index contributed by atoms with van der Waals surface area (Å²) >= 11 is 11.9. The number of alkyl halides is 1. The van der Waals surface area contributed by atoms with Crippen molar-refractivity contribution < 1.29 is 28.3 Å². The van der Waals surface area contributed by atoms with Crippen molar-refractivity contribution in [3.05, 3.63) is 28.2 Å². The number of likely N-dealkylation sites (tertiary alicyclic amines) is 1. The van der Waals surface area contributed by atoms with Gasteiger partial charge in [0.15, 0.2) is 0 Å². The lowest BCUT2D eigenvalue weighted by atomic mass is 9.92. The number of hydrogen-bond acceptors (Lipinski definition) is 5. The number of carbonyl (C=O) groups excluding carboxylic acids is 4. The highest BCUT2D eigenvalue weighted by Gasteiger charge is 2.51. The summed E-state index contributed by atoms with van der Waals surface area (Å²) in [6.07, 6.45) is 1.47. The molecule has 3 aliphatic rings. The van der Waals surface area contributed by atoms with E-state index < -0.39 is 30.3 Å². The van der Waals surface area contributed by atoms with E-state index in [9.17, 15) is 23.6 Å². The van der Waals surface area contributed by atoms with Crippen LogP contribution in [0.4, 0.5) is 4.39 Å². The largest absolute Gasteiger partial charge is 0.450 e. The molecule has 8 nitrogen and oxygen atoms in total. The predicted molar refractivity (Wildman–Crippen MR) is 122 cm³/mol. The Labute approximate surface area is 206 Å². The number of amides is 3. The number of hydrogen-bond donors (Lipinski definition) is 2. The van der Waals surface area contributed by atoms with Crippen LogP contribution in [0, 0.1) is 17.8 Å². The van der Waals surface area contributed by atoms with E-state index in [2.05, 4.69) is 10.6 Å². The van der Waals surface area contributed by atoms with Gasteiger partial charge in [0.25, 0.3) is 5.91 Å².